The maximum Gasteiger partial charge on any atom is 0.256 e. The molecule has 1 aliphatic heterocycles. The van der Waals surface area contributed by atoms with Crippen molar-refractivity contribution in [3.05, 3.63) is 71.0 Å². The number of benzene rings is 1. The van der Waals surface area contributed by atoms with E-state index in [0.717, 1.165) is 0 Å². The zero-order valence-electron chi connectivity index (χ0n) is 19.3. The van der Waals surface area contributed by atoms with Gasteiger partial charge in [-0.1, -0.05) is 32.4 Å². The van der Waals surface area contributed by atoms with Crippen LogP contribution in [0.2, 0.25) is 5.02 Å². The molecule has 1 aliphatic rings. The van der Waals surface area contributed by atoms with Gasteiger partial charge in [0.2, 0.25) is 5.91 Å². The number of nitrogens with one attached hydrogen (secondary N) is 1. The van der Waals surface area contributed by atoms with Crippen molar-refractivity contribution in [2.75, 3.05) is 13.1 Å². The number of carbonyl (C=O) groups excluding carboxylic acids is 2. The molecule has 3 aromatic rings. The van der Waals surface area contributed by atoms with Crippen LogP contribution in [0.25, 0.3) is 5.52 Å². The van der Waals surface area contributed by atoms with E-state index in [1.165, 1.54) is 12.1 Å². The van der Waals surface area contributed by atoms with Crippen molar-refractivity contribution >= 4 is 28.9 Å². The second kappa shape index (κ2) is 9.35. The number of halogens is 2. The van der Waals surface area contributed by atoms with Gasteiger partial charge in [0.1, 0.15) is 11.9 Å². The zero-order chi connectivity index (χ0) is 24.6. The van der Waals surface area contributed by atoms with Gasteiger partial charge in [0.15, 0.2) is 0 Å². The normalized spacial score (nSPS) is 19.8. The molecule has 180 valence electrons. The number of aliphatic hydroxyl groups is 1. The molecule has 0 unspecified atom stereocenters. The lowest BCUT2D eigenvalue weighted by Gasteiger charge is -2.40. The van der Waals surface area contributed by atoms with E-state index in [2.05, 4.69) is 10.3 Å². The van der Waals surface area contributed by atoms with Crippen LogP contribution in [0.5, 0.6) is 0 Å². The molecule has 2 amide bonds. The molecule has 2 aromatic heterocycles. The standard InChI is InChI=1S/C25H28ClFN4O3/c1-25(2,3)22(32)23(33)29-20-13-30(8-6-18(20)15-9-16(26)11-17(27)10-15)24(34)19-5-4-7-31-14-28-12-21(19)31/h4-5,7,9-12,14,18,20,22,32H,6,8,13H2,1-3H3,(H,29,33)/t18-,20+,22+/m0/s1. The molecule has 0 saturated carbocycles. The third-order valence-electron chi connectivity index (χ3n) is 6.29. The average molecular weight is 487 g/mol. The summed E-state index contributed by atoms with van der Waals surface area (Å²) in [5.74, 6) is -1.46. The van der Waals surface area contributed by atoms with E-state index in [0.29, 0.717) is 29.6 Å². The Morgan fingerprint density at radius 1 is 1.29 bits per heavy atom. The lowest BCUT2D eigenvalue weighted by atomic mass is 9.83. The first-order chi connectivity index (χ1) is 16.0. The van der Waals surface area contributed by atoms with Gasteiger partial charge in [-0.15, -0.1) is 0 Å². The molecule has 1 fully saturated rings. The molecule has 1 aromatic carbocycles. The highest BCUT2D eigenvalue weighted by Gasteiger charge is 2.37. The van der Waals surface area contributed by atoms with Gasteiger partial charge in [0.25, 0.3) is 5.91 Å². The van der Waals surface area contributed by atoms with Gasteiger partial charge in [0, 0.05) is 30.2 Å². The number of pyridine rings is 1. The second-order valence-electron chi connectivity index (χ2n) is 9.84. The fraction of sp³-hybridized carbons (Fsp3) is 0.400. The third kappa shape index (κ3) is 4.93. The number of amides is 2. The molecular formula is C25H28ClFN4O3. The molecule has 4 rings (SSSR count). The summed E-state index contributed by atoms with van der Waals surface area (Å²) >= 11 is 6.10. The van der Waals surface area contributed by atoms with Crippen molar-refractivity contribution in [3.63, 3.8) is 0 Å². The number of aromatic nitrogens is 2. The van der Waals surface area contributed by atoms with E-state index in [9.17, 15) is 19.1 Å². The Hall–Kier alpha value is -2.97. The first-order valence-corrected chi connectivity index (χ1v) is 11.6. The summed E-state index contributed by atoms with van der Waals surface area (Å²) in [4.78, 5) is 32.1. The summed E-state index contributed by atoms with van der Waals surface area (Å²) in [7, 11) is 0. The minimum absolute atomic E-state index is 0.183. The summed E-state index contributed by atoms with van der Waals surface area (Å²) < 4.78 is 15.9. The molecule has 0 bridgehead atoms. The molecule has 3 heterocycles. The molecule has 7 nitrogen and oxygen atoms in total. The van der Waals surface area contributed by atoms with E-state index >= 15 is 0 Å². The van der Waals surface area contributed by atoms with Crippen LogP contribution in [0.3, 0.4) is 0 Å². The smallest absolute Gasteiger partial charge is 0.256 e. The maximum absolute atomic E-state index is 14.1. The van der Waals surface area contributed by atoms with E-state index in [1.807, 2.05) is 6.20 Å². The van der Waals surface area contributed by atoms with Crippen LogP contribution in [-0.2, 0) is 4.79 Å². The van der Waals surface area contributed by atoms with Gasteiger partial charge >= 0.3 is 0 Å². The predicted octanol–water partition coefficient (Wildman–Crippen LogP) is 3.65. The number of hydrogen-bond donors (Lipinski definition) is 2. The highest BCUT2D eigenvalue weighted by atomic mass is 35.5. The van der Waals surface area contributed by atoms with E-state index in [-0.39, 0.29) is 23.4 Å². The average Bonchev–Trinajstić information content (AvgIpc) is 3.25. The monoisotopic (exact) mass is 486 g/mol. The Labute approximate surface area is 202 Å². The quantitative estimate of drug-likeness (QED) is 0.589. The van der Waals surface area contributed by atoms with Crippen molar-refractivity contribution in [1.82, 2.24) is 19.6 Å². The summed E-state index contributed by atoms with van der Waals surface area (Å²) in [6, 6.07) is 7.30. The van der Waals surface area contributed by atoms with E-state index < -0.39 is 29.3 Å². The van der Waals surface area contributed by atoms with Crippen LogP contribution in [0.1, 0.15) is 49.0 Å². The Morgan fingerprint density at radius 3 is 2.76 bits per heavy atom. The lowest BCUT2D eigenvalue weighted by Crippen LogP contribution is -2.56. The number of carbonyl (C=O) groups is 2. The molecule has 2 N–H and O–H groups in total. The van der Waals surface area contributed by atoms with E-state index in [1.54, 1.807) is 60.8 Å². The molecule has 0 spiro atoms. The van der Waals surface area contributed by atoms with Crippen LogP contribution >= 0.6 is 11.6 Å². The fourth-order valence-electron chi connectivity index (χ4n) is 4.43. The van der Waals surface area contributed by atoms with Gasteiger partial charge in [-0.2, -0.15) is 0 Å². The van der Waals surface area contributed by atoms with Gasteiger partial charge in [-0.05, 0) is 47.7 Å². The number of aliphatic hydroxyl groups excluding tert-OH is 1. The Balaban J connectivity index is 1.63. The van der Waals surface area contributed by atoms with Crippen LogP contribution in [0, 0.1) is 11.2 Å². The minimum atomic E-state index is -1.24. The van der Waals surface area contributed by atoms with Gasteiger partial charge in [-0.3, -0.25) is 9.59 Å². The highest BCUT2D eigenvalue weighted by molar-refractivity contribution is 6.30. The fourth-order valence-corrected chi connectivity index (χ4v) is 4.66. The number of nitrogens with zero attached hydrogens (tertiary/aromatic N) is 3. The number of rotatable bonds is 4. The predicted molar refractivity (Wildman–Crippen MR) is 127 cm³/mol. The Morgan fingerprint density at radius 2 is 2.06 bits per heavy atom. The Bertz CT molecular complexity index is 1200. The van der Waals surface area contributed by atoms with Crippen molar-refractivity contribution in [1.29, 1.82) is 0 Å². The molecular weight excluding hydrogens is 459 g/mol. The maximum atomic E-state index is 14.1. The van der Waals surface area contributed by atoms with Crippen molar-refractivity contribution < 1.29 is 19.1 Å². The number of piperidine rings is 1. The second-order valence-corrected chi connectivity index (χ2v) is 10.3. The van der Waals surface area contributed by atoms with Crippen LogP contribution in [0.4, 0.5) is 4.39 Å². The third-order valence-corrected chi connectivity index (χ3v) is 6.51. The minimum Gasteiger partial charge on any atom is -0.383 e. The number of hydrogen-bond acceptors (Lipinski definition) is 4. The van der Waals surface area contributed by atoms with Crippen molar-refractivity contribution in [2.24, 2.45) is 5.41 Å². The molecule has 0 radical (unpaired) electrons. The topological polar surface area (TPSA) is 86.9 Å². The van der Waals surface area contributed by atoms with Gasteiger partial charge in [0.05, 0.1) is 29.6 Å². The van der Waals surface area contributed by atoms with Crippen LogP contribution < -0.4 is 5.32 Å². The Kier molecular flexibility index (Phi) is 6.64. The SMILES string of the molecule is CC(C)(C)[C@H](O)C(=O)N[C@@H]1CN(C(=O)c2cccn3cncc23)CC[C@H]1c1cc(F)cc(Cl)c1. The lowest BCUT2D eigenvalue weighted by molar-refractivity contribution is -0.135. The van der Waals surface area contributed by atoms with Gasteiger partial charge in [-0.25, -0.2) is 9.37 Å². The number of fused-ring (bicyclic) bond motifs is 1. The molecule has 3 atom stereocenters. The zero-order valence-corrected chi connectivity index (χ0v) is 20.1. The molecule has 1 saturated heterocycles. The van der Waals surface area contributed by atoms with Crippen LogP contribution in [0.15, 0.2) is 49.1 Å². The summed E-state index contributed by atoms with van der Waals surface area (Å²) in [6.45, 7) is 5.93. The summed E-state index contributed by atoms with van der Waals surface area (Å²) in [6.07, 6.45) is 4.33. The molecule has 34 heavy (non-hydrogen) atoms. The van der Waals surface area contributed by atoms with Crippen molar-refractivity contribution in [2.45, 2.75) is 45.3 Å². The first kappa shape index (κ1) is 24.2. The van der Waals surface area contributed by atoms with Crippen molar-refractivity contribution in [3.8, 4) is 0 Å². The first-order valence-electron chi connectivity index (χ1n) is 11.2. The van der Waals surface area contributed by atoms with Gasteiger partial charge < -0.3 is 19.7 Å². The van der Waals surface area contributed by atoms with Crippen LogP contribution in [-0.4, -0.2) is 56.4 Å². The molecule has 9 heteroatoms. The summed E-state index contributed by atoms with van der Waals surface area (Å²) in [5, 5.41) is 13.7. The summed E-state index contributed by atoms with van der Waals surface area (Å²) in [5.41, 5.74) is 1.18. The number of likely N-dealkylation sites (tertiary alicyclic amines) is 1. The number of imidazole rings is 1. The largest absolute Gasteiger partial charge is 0.383 e. The highest BCUT2D eigenvalue weighted by Crippen LogP contribution is 2.32. The molecule has 0 aliphatic carbocycles. The van der Waals surface area contributed by atoms with E-state index in [4.69, 9.17) is 11.6 Å².